The van der Waals surface area contributed by atoms with Gasteiger partial charge in [-0.05, 0) is 49.4 Å². The van der Waals surface area contributed by atoms with E-state index in [1.54, 1.807) is 42.7 Å². The molecule has 0 aliphatic heterocycles. The van der Waals surface area contributed by atoms with Crippen LogP contribution in [-0.2, 0) is 0 Å². The van der Waals surface area contributed by atoms with E-state index in [4.69, 9.17) is 4.74 Å². The Balaban J connectivity index is 1.59. The van der Waals surface area contributed by atoms with Crippen molar-refractivity contribution in [3.05, 3.63) is 83.5 Å². The highest BCUT2D eigenvalue weighted by atomic mass is 79.9. The lowest BCUT2D eigenvalue weighted by molar-refractivity contribution is 0.224. The van der Waals surface area contributed by atoms with Crippen molar-refractivity contribution in [1.29, 1.82) is 0 Å². The molecule has 3 heterocycles. The van der Waals surface area contributed by atoms with Crippen LogP contribution >= 0.6 is 15.9 Å². The van der Waals surface area contributed by atoms with Crippen LogP contribution in [0.3, 0.4) is 0 Å². The van der Waals surface area contributed by atoms with Crippen LogP contribution in [0.1, 0.15) is 18.7 Å². The maximum Gasteiger partial charge on any atom is 0.156 e. The standard InChI is InChI=1S/C23H16BrFN6O/c1-13(16-6-8-26-11-28-16)32-20-10-14(24)9-19-21(20)23(30-12-29-19)31-18-5-4-17-15(22(18)25)3-2-7-27-17/h2-13H,1H3,(H,29,30,31). The lowest BCUT2D eigenvalue weighted by atomic mass is 10.1. The smallest absolute Gasteiger partial charge is 0.156 e. The van der Waals surface area contributed by atoms with Crippen molar-refractivity contribution in [2.24, 2.45) is 0 Å². The van der Waals surface area contributed by atoms with Crippen LogP contribution in [0.5, 0.6) is 5.75 Å². The summed E-state index contributed by atoms with van der Waals surface area (Å²) in [4.78, 5) is 21.1. The van der Waals surface area contributed by atoms with Crippen LogP contribution in [0.2, 0.25) is 0 Å². The SMILES string of the molecule is CC(Oc1cc(Br)cc2ncnc(Nc3ccc4ncccc4c3F)c12)c1ccncn1. The fourth-order valence-corrected chi connectivity index (χ4v) is 3.87. The molecule has 158 valence electrons. The number of halogens is 2. The molecule has 5 aromatic rings. The van der Waals surface area contributed by atoms with Gasteiger partial charge in [-0.1, -0.05) is 15.9 Å². The van der Waals surface area contributed by atoms with Gasteiger partial charge in [-0.25, -0.2) is 24.3 Å². The zero-order chi connectivity index (χ0) is 22.1. The monoisotopic (exact) mass is 490 g/mol. The molecule has 2 aromatic carbocycles. The number of anilines is 2. The van der Waals surface area contributed by atoms with E-state index >= 15 is 4.39 Å². The second-order valence-electron chi connectivity index (χ2n) is 7.04. The van der Waals surface area contributed by atoms with Crippen LogP contribution < -0.4 is 10.1 Å². The van der Waals surface area contributed by atoms with E-state index in [0.717, 1.165) is 10.2 Å². The second-order valence-corrected chi connectivity index (χ2v) is 7.95. The van der Waals surface area contributed by atoms with E-state index in [9.17, 15) is 0 Å². The Bertz CT molecular complexity index is 1430. The van der Waals surface area contributed by atoms with E-state index in [0.29, 0.717) is 33.4 Å². The maximum atomic E-state index is 15.2. The molecule has 1 atom stereocenters. The molecule has 0 bridgehead atoms. The molecule has 1 N–H and O–H groups in total. The van der Waals surface area contributed by atoms with E-state index in [-0.39, 0.29) is 11.8 Å². The lowest BCUT2D eigenvalue weighted by Crippen LogP contribution is -2.07. The summed E-state index contributed by atoms with van der Waals surface area (Å²) in [6.07, 6.45) is 5.84. The zero-order valence-corrected chi connectivity index (χ0v) is 18.4. The van der Waals surface area contributed by atoms with Gasteiger partial charge in [0.1, 0.15) is 30.3 Å². The van der Waals surface area contributed by atoms with Crippen LogP contribution in [0.4, 0.5) is 15.9 Å². The fraction of sp³-hybridized carbons (Fsp3) is 0.0870. The first-order valence-electron chi connectivity index (χ1n) is 9.77. The third kappa shape index (κ3) is 3.82. The van der Waals surface area contributed by atoms with Gasteiger partial charge in [-0.2, -0.15) is 0 Å². The highest BCUT2D eigenvalue weighted by Gasteiger charge is 2.17. The number of ether oxygens (including phenoxy) is 1. The van der Waals surface area contributed by atoms with Crippen molar-refractivity contribution in [3.63, 3.8) is 0 Å². The molecular formula is C23H16BrFN6O. The molecule has 0 saturated carbocycles. The van der Waals surface area contributed by atoms with Gasteiger partial charge in [0.25, 0.3) is 0 Å². The molecule has 0 aliphatic rings. The molecule has 0 aliphatic carbocycles. The predicted octanol–water partition coefficient (Wildman–Crippen LogP) is 5.75. The topological polar surface area (TPSA) is 85.7 Å². The maximum absolute atomic E-state index is 15.2. The van der Waals surface area contributed by atoms with Gasteiger partial charge < -0.3 is 10.1 Å². The van der Waals surface area contributed by atoms with Crippen molar-refractivity contribution in [1.82, 2.24) is 24.9 Å². The molecule has 5 rings (SSSR count). The molecule has 0 saturated heterocycles. The zero-order valence-electron chi connectivity index (χ0n) is 16.8. The highest BCUT2D eigenvalue weighted by Crippen LogP contribution is 2.37. The fourth-order valence-electron chi connectivity index (χ4n) is 3.44. The van der Waals surface area contributed by atoms with Crippen molar-refractivity contribution in [2.75, 3.05) is 5.32 Å². The first-order chi connectivity index (χ1) is 15.6. The van der Waals surface area contributed by atoms with E-state index in [1.165, 1.54) is 12.7 Å². The van der Waals surface area contributed by atoms with E-state index < -0.39 is 5.82 Å². The van der Waals surface area contributed by atoms with Crippen LogP contribution in [0.25, 0.3) is 21.8 Å². The van der Waals surface area contributed by atoms with Crippen LogP contribution in [0, 0.1) is 5.82 Å². The van der Waals surface area contributed by atoms with Gasteiger partial charge >= 0.3 is 0 Å². The van der Waals surface area contributed by atoms with Crippen molar-refractivity contribution in [2.45, 2.75) is 13.0 Å². The quantitative estimate of drug-likeness (QED) is 0.335. The minimum absolute atomic E-state index is 0.281. The number of pyridine rings is 1. The molecule has 3 aromatic heterocycles. The molecule has 9 heteroatoms. The van der Waals surface area contributed by atoms with Gasteiger partial charge in [-0.15, -0.1) is 0 Å². The number of nitrogens with one attached hydrogen (secondary N) is 1. The predicted molar refractivity (Wildman–Crippen MR) is 123 cm³/mol. The van der Waals surface area contributed by atoms with Gasteiger partial charge in [0.05, 0.1) is 27.8 Å². The first kappa shape index (κ1) is 20.2. The Morgan fingerprint density at radius 2 is 1.88 bits per heavy atom. The average Bonchev–Trinajstić information content (AvgIpc) is 2.81. The second kappa shape index (κ2) is 8.43. The molecule has 0 radical (unpaired) electrons. The highest BCUT2D eigenvalue weighted by molar-refractivity contribution is 9.10. The third-order valence-corrected chi connectivity index (χ3v) is 5.42. The van der Waals surface area contributed by atoms with Gasteiger partial charge in [0.15, 0.2) is 5.82 Å². The largest absolute Gasteiger partial charge is 0.484 e. The number of aromatic nitrogens is 5. The number of benzene rings is 2. The Kier molecular flexibility index (Phi) is 5.32. The normalized spacial score (nSPS) is 12.1. The van der Waals surface area contributed by atoms with Crippen LogP contribution in [-0.4, -0.2) is 24.9 Å². The average molecular weight is 491 g/mol. The number of hydrogen-bond acceptors (Lipinski definition) is 7. The minimum Gasteiger partial charge on any atom is -0.484 e. The number of rotatable bonds is 5. The third-order valence-electron chi connectivity index (χ3n) is 4.96. The summed E-state index contributed by atoms with van der Waals surface area (Å²) in [5.74, 6) is 0.553. The molecule has 0 fully saturated rings. The number of fused-ring (bicyclic) bond motifs is 2. The van der Waals surface area contributed by atoms with Gasteiger partial charge in [0.2, 0.25) is 0 Å². The number of nitrogens with zero attached hydrogens (tertiary/aromatic N) is 5. The summed E-state index contributed by atoms with van der Waals surface area (Å²) < 4.78 is 22.2. The Morgan fingerprint density at radius 3 is 2.72 bits per heavy atom. The molecular weight excluding hydrogens is 475 g/mol. The summed E-state index contributed by atoms with van der Waals surface area (Å²) >= 11 is 3.51. The summed E-state index contributed by atoms with van der Waals surface area (Å²) in [5.41, 5.74) is 2.23. The minimum atomic E-state index is -0.406. The van der Waals surface area contributed by atoms with Crippen LogP contribution in [0.15, 0.2) is 72.0 Å². The summed E-state index contributed by atoms with van der Waals surface area (Å²) in [7, 11) is 0. The molecule has 1 unspecified atom stereocenters. The lowest BCUT2D eigenvalue weighted by Gasteiger charge is -2.18. The number of hydrogen-bond donors (Lipinski definition) is 1. The van der Waals surface area contributed by atoms with Crippen molar-refractivity contribution >= 4 is 49.2 Å². The van der Waals surface area contributed by atoms with E-state index in [1.807, 2.05) is 19.1 Å². The summed E-state index contributed by atoms with van der Waals surface area (Å²) in [6, 6.07) is 12.3. The van der Waals surface area contributed by atoms with Gasteiger partial charge in [0, 0.05) is 22.3 Å². The molecule has 0 spiro atoms. The van der Waals surface area contributed by atoms with Crippen molar-refractivity contribution < 1.29 is 9.13 Å². The molecule has 7 nitrogen and oxygen atoms in total. The van der Waals surface area contributed by atoms with Crippen molar-refractivity contribution in [3.8, 4) is 5.75 Å². The summed E-state index contributed by atoms with van der Waals surface area (Å²) in [5, 5.41) is 4.16. The van der Waals surface area contributed by atoms with Gasteiger partial charge in [-0.3, -0.25) is 4.98 Å². The Morgan fingerprint density at radius 1 is 0.969 bits per heavy atom. The Hall–Kier alpha value is -3.72. The van der Waals surface area contributed by atoms with E-state index in [2.05, 4.69) is 46.2 Å². The Labute approximate surface area is 190 Å². The summed E-state index contributed by atoms with van der Waals surface area (Å²) in [6.45, 7) is 1.89. The molecule has 32 heavy (non-hydrogen) atoms. The first-order valence-corrected chi connectivity index (χ1v) is 10.6. The molecule has 0 amide bonds.